The number of aromatic nitrogens is 2. The summed E-state index contributed by atoms with van der Waals surface area (Å²) in [5.74, 6) is -0.544. The Kier molecular flexibility index (Phi) is 2.89. The van der Waals surface area contributed by atoms with Gasteiger partial charge in [0.05, 0.1) is 7.11 Å². The van der Waals surface area contributed by atoms with E-state index in [0.717, 1.165) is 12.8 Å². The number of hydrogen-bond acceptors (Lipinski definition) is 5. The second kappa shape index (κ2) is 4.34. The van der Waals surface area contributed by atoms with Crippen molar-refractivity contribution in [2.24, 2.45) is 0 Å². The Morgan fingerprint density at radius 3 is 2.81 bits per heavy atom. The van der Waals surface area contributed by atoms with Crippen molar-refractivity contribution in [1.82, 2.24) is 10.2 Å². The van der Waals surface area contributed by atoms with E-state index in [2.05, 4.69) is 15.5 Å². The number of methoxy groups -OCH3 is 1. The maximum Gasteiger partial charge on any atom is 0.341 e. The van der Waals surface area contributed by atoms with Crippen molar-refractivity contribution in [1.29, 1.82) is 0 Å². The number of carboxylic acids is 1. The molecule has 0 saturated heterocycles. The maximum absolute atomic E-state index is 10.9. The van der Waals surface area contributed by atoms with Gasteiger partial charge in [-0.1, -0.05) is 0 Å². The molecule has 1 aromatic heterocycles. The van der Waals surface area contributed by atoms with Gasteiger partial charge < -0.3 is 15.2 Å². The molecule has 0 aromatic carbocycles. The summed E-state index contributed by atoms with van der Waals surface area (Å²) in [5, 5.41) is 19.7. The molecule has 2 rings (SSSR count). The molecular weight excluding hydrogens is 210 g/mol. The average molecular weight is 223 g/mol. The third-order valence-electron chi connectivity index (χ3n) is 2.64. The van der Waals surface area contributed by atoms with Crippen LogP contribution in [-0.4, -0.2) is 34.4 Å². The number of anilines is 1. The van der Waals surface area contributed by atoms with Crippen LogP contribution in [0, 0.1) is 0 Å². The molecule has 0 spiro atoms. The first-order valence-electron chi connectivity index (χ1n) is 5.12. The minimum absolute atomic E-state index is 0.0272. The molecule has 2 N–H and O–H groups in total. The molecule has 1 fully saturated rings. The largest absolute Gasteiger partial charge is 0.479 e. The van der Waals surface area contributed by atoms with Gasteiger partial charge in [0.2, 0.25) is 5.88 Å². The third-order valence-corrected chi connectivity index (χ3v) is 2.64. The molecule has 1 heterocycles. The number of nitrogens with one attached hydrogen (secondary N) is 1. The number of hydrogen-bond donors (Lipinski definition) is 2. The van der Waals surface area contributed by atoms with E-state index in [1.54, 1.807) is 0 Å². The van der Waals surface area contributed by atoms with Crippen LogP contribution < -0.4 is 10.1 Å². The molecule has 1 saturated carbocycles. The fourth-order valence-electron chi connectivity index (χ4n) is 1.52. The van der Waals surface area contributed by atoms with E-state index in [9.17, 15) is 4.79 Å². The molecule has 0 amide bonds. The van der Waals surface area contributed by atoms with Crippen LogP contribution in [0.3, 0.4) is 0 Å². The van der Waals surface area contributed by atoms with E-state index >= 15 is 0 Å². The van der Waals surface area contributed by atoms with E-state index in [4.69, 9.17) is 9.84 Å². The molecule has 1 aliphatic carbocycles. The molecule has 0 unspecified atom stereocenters. The van der Waals surface area contributed by atoms with Crippen molar-refractivity contribution in [2.45, 2.75) is 25.3 Å². The van der Waals surface area contributed by atoms with Gasteiger partial charge in [0.1, 0.15) is 11.4 Å². The number of carbonyl (C=O) groups is 1. The lowest BCUT2D eigenvalue weighted by atomic mass is 9.93. The van der Waals surface area contributed by atoms with Crippen LogP contribution in [0.1, 0.15) is 29.6 Å². The van der Waals surface area contributed by atoms with Gasteiger partial charge in [0.15, 0.2) is 0 Å². The molecule has 0 atom stereocenters. The van der Waals surface area contributed by atoms with E-state index in [-0.39, 0.29) is 11.4 Å². The molecule has 1 aromatic rings. The highest BCUT2D eigenvalue weighted by atomic mass is 16.5. The summed E-state index contributed by atoms with van der Waals surface area (Å²) < 4.78 is 4.82. The van der Waals surface area contributed by atoms with Gasteiger partial charge >= 0.3 is 5.97 Å². The summed E-state index contributed by atoms with van der Waals surface area (Å²) in [6.07, 6.45) is 3.39. The highest BCUT2D eigenvalue weighted by Gasteiger charge is 2.20. The lowest BCUT2D eigenvalue weighted by molar-refractivity contribution is 0.0692. The van der Waals surface area contributed by atoms with Crippen LogP contribution in [-0.2, 0) is 0 Å². The molecular formula is C10H13N3O3. The van der Waals surface area contributed by atoms with E-state index in [1.165, 1.54) is 19.6 Å². The Balaban J connectivity index is 2.20. The Bertz CT molecular complexity index is 404. The van der Waals surface area contributed by atoms with Gasteiger partial charge in [-0.15, -0.1) is 10.2 Å². The molecule has 86 valence electrons. The van der Waals surface area contributed by atoms with Crippen LogP contribution >= 0.6 is 0 Å². The summed E-state index contributed by atoms with van der Waals surface area (Å²) in [6.45, 7) is 0. The molecule has 16 heavy (non-hydrogen) atoms. The molecule has 0 bridgehead atoms. The highest BCUT2D eigenvalue weighted by Crippen LogP contribution is 2.24. The van der Waals surface area contributed by atoms with E-state index in [1.807, 2.05) is 0 Å². The van der Waals surface area contributed by atoms with Gasteiger partial charge in [-0.2, -0.15) is 0 Å². The molecule has 6 heteroatoms. The molecule has 0 radical (unpaired) electrons. The Labute approximate surface area is 92.6 Å². The maximum atomic E-state index is 10.9. The smallest absolute Gasteiger partial charge is 0.341 e. The minimum atomic E-state index is -1.07. The lowest BCUT2D eigenvalue weighted by Gasteiger charge is -2.26. The van der Waals surface area contributed by atoms with Crippen LogP contribution in [0.4, 0.5) is 5.82 Å². The first-order chi connectivity index (χ1) is 7.70. The number of rotatable bonds is 4. The first-order valence-corrected chi connectivity index (χ1v) is 5.12. The van der Waals surface area contributed by atoms with Crippen LogP contribution in [0.2, 0.25) is 0 Å². The molecule has 6 nitrogen and oxygen atoms in total. The number of carboxylic acid groups (broad SMARTS) is 1. The predicted octanol–water partition coefficient (Wildman–Crippen LogP) is 1.15. The van der Waals surface area contributed by atoms with Gasteiger partial charge in [0.25, 0.3) is 0 Å². The predicted molar refractivity (Wildman–Crippen MR) is 56.8 cm³/mol. The van der Waals surface area contributed by atoms with E-state index in [0.29, 0.717) is 11.9 Å². The number of ether oxygens (including phenoxy) is 1. The monoisotopic (exact) mass is 223 g/mol. The Morgan fingerprint density at radius 2 is 2.31 bits per heavy atom. The van der Waals surface area contributed by atoms with Crippen molar-refractivity contribution in [3.8, 4) is 5.88 Å². The van der Waals surface area contributed by atoms with Crippen molar-refractivity contribution >= 4 is 11.8 Å². The zero-order valence-electron chi connectivity index (χ0n) is 8.93. The molecule has 1 aliphatic rings. The topological polar surface area (TPSA) is 84.3 Å². The van der Waals surface area contributed by atoms with Crippen LogP contribution in [0.25, 0.3) is 0 Å². The Hall–Kier alpha value is -1.85. The van der Waals surface area contributed by atoms with Crippen LogP contribution in [0.5, 0.6) is 5.88 Å². The molecule has 0 aliphatic heterocycles. The van der Waals surface area contributed by atoms with Crippen molar-refractivity contribution in [3.63, 3.8) is 0 Å². The first kappa shape index (κ1) is 10.7. The minimum Gasteiger partial charge on any atom is -0.479 e. The normalized spacial score (nSPS) is 15.3. The summed E-state index contributed by atoms with van der Waals surface area (Å²) in [7, 11) is 1.37. The van der Waals surface area contributed by atoms with Gasteiger partial charge in [-0.05, 0) is 19.3 Å². The second-order valence-corrected chi connectivity index (χ2v) is 3.73. The zero-order chi connectivity index (χ0) is 11.5. The van der Waals surface area contributed by atoms with Gasteiger partial charge in [-0.3, -0.25) is 0 Å². The summed E-state index contributed by atoms with van der Waals surface area (Å²) in [4.78, 5) is 10.9. The quantitative estimate of drug-likeness (QED) is 0.796. The highest BCUT2D eigenvalue weighted by molar-refractivity contribution is 5.90. The van der Waals surface area contributed by atoms with Crippen LogP contribution in [0.15, 0.2) is 6.07 Å². The van der Waals surface area contributed by atoms with Gasteiger partial charge in [0, 0.05) is 12.1 Å². The fourth-order valence-corrected chi connectivity index (χ4v) is 1.52. The number of nitrogens with zero attached hydrogens (tertiary/aromatic N) is 2. The average Bonchev–Trinajstić information content (AvgIpc) is 2.23. The van der Waals surface area contributed by atoms with Gasteiger partial charge in [-0.25, -0.2) is 4.79 Å². The number of aromatic carboxylic acids is 1. The third kappa shape index (κ3) is 2.05. The van der Waals surface area contributed by atoms with E-state index < -0.39 is 5.97 Å². The standard InChI is InChI=1S/C10H13N3O3/c1-16-9-7(10(14)15)5-8(12-13-9)11-6-3-2-4-6/h5-6H,2-4H2,1H3,(H,11,12)(H,14,15). The van der Waals surface area contributed by atoms with Crippen molar-refractivity contribution in [2.75, 3.05) is 12.4 Å². The summed E-state index contributed by atoms with van der Waals surface area (Å²) >= 11 is 0. The lowest BCUT2D eigenvalue weighted by Crippen LogP contribution is -2.27. The summed E-state index contributed by atoms with van der Waals surface area (Å²) in [6, 6.07) is 1.84. The van der Waals surface area contributed by atoms with Crippen molar-refractivity contribution in [3.05, 3.63) is 11.6 Å². The van der Waals surface area contributed by atoms with Crippen molar-refractivity contribution < 1.29 is 14.6 Å². The summed E-state index contributed by atoms with van der Waals surface area (Å²) in [5.41, 5.74) is 0.0272. The second-order valence-electron chi connectivity index (χ2n) is 3.73. The fraction of sp³-hybridized carbons (Fsp3) is 0.500. The Morgan fingerprint density at radius 1 is 1.56 bits per heavy atom. The zero-order valence-corrected chi connectivity index (χ0v) is 8.93. The SMILES string of the molecule is COc1nnc(NC2CCC2)cc1C(=O)O.